The maximum Gasteiger partial charge on any atom is 0.335 e. The largest absolute Gasteiger partial charge is 0.478 e. The molecule has 0 saturated carbocycles. The molecule has 0 saturated heterocycles. The minimum Gasteiger partial charge on any atom is -0.478 e. The molecule has 10 nitrogen and oxygen atoms in total. The van der Waals surface area contributed by atoms with Gasteiger partial charge >= 0.3 is 5.97 Å². The second-order valence-electron chi connectivity index (χ2n) is 7.86. The summed E-state index contributed by atoms with van der Waals surface area (Å²) in [5.74, 6) is -1.91. The number of nitrogens with zero attached hydrogens (tertiary/aromatic N) is 3. The van der Waals surface area contributed by atoms with Gasteiger partial charge in [0.05, 0.1) is 24.4 Å². The lowest BCUT2D eigenvalue weighted by Crippen LogP contribution is -2.36. The molecule has 4 N–H and O–H groups in total. The zero-order valence-corrected chi connectivity index (χ0v) is 17.6. The van der Waals surface area contributed by atoms with Crippen LogP contribution in [0, 0.1) is 6.92 Å². The summed E-state index contributed by atoms with van der Waals surface area (Å²) in [6.07, 6.45) is 2.78. The number of carboxylic acids is 1. The third-order valence-corrected chi connectivity index (χ3v) is 5.70. The predicted molar refractivity (Wildman–Crippen MR) is 114 cm³/mol. The second-order valence-corrected chi connectivity index (χ2v) is 7.86. The average Bonchev–Trinajstić information content (AvgIpc) is 3.40. The molecule has 0 bridgehead atoms. The van der Waals surface area contributed by atoms with Gasteiger partial charge in [-0.3, -0.25) is 9.59 Å². The van der Waals surface area contributed by atoms with Crippen LogP contribution >= 0.6 is 0 Å². The molecule has 166 valence electrons. The van der Waals surface area contributed by atoms with Crippen molar-refractivity contribution in [2.75, 3.05) is 6.61 Å². The van der Waals surface area contributed by atoms with Gasteiger partial charge < -0.3 is 20.8 Å². The number of benzene rings is 1. The minimum absolute atomic E-state index is 0.0391. The normalized spacial score (nSPS) is 15.9. The topological polar surface area (TPSA) is 146 Å². The number of nitrogens with one attached hydrogen (secondary N) is 2. The Morgan fingerprint density at radius 1 is 1.25 bits per heavy atom. The fourth-order valence-corrected chi connectivity index (χ4v) is 4.03. The predicted octanol–water partition coefficient (Wildman–Crippen LogP) is 1.26. The average molecular weight is 437 g/mol. The van der Waals surface area contributed by atoms with Crippen molar-refractivity contribution in [3.8, 4) is 0 Å². The molecule has 2 heterocycles. The van der Waals surface area contributed by atoms with Gasteiger partial charge in [-0.05, 0) is 49.4 Å². The fraction of sp³-hybridized carbons (Fsp3) is 0.318. The van der Waals surface area contributed by atoms with Gasteiger partial charge in [-0.25, -0.2) is 14.3 Å². The highest BCUT2D eigenvalue weighted by atomic mass is 16.4. The number of carboxylic acid groups (broad SMARTS) is 1. The van der Waals surface area contributed by atoms with Crippen molar-refractivity contribution in [3.63, 3.8) is 0 Å². The SMILES string of the molecule is Cc1c(C(=O)O)ccc2c1CC[C@@H]2NC(=O)c1cc(C(=O)N[C@@H](C)CO)nc2ccnn12. The minimum atomic E-state index is -0.975. The zero-order chi connectivity index (χ0) is 23.0. The molecule has 32 heavy (non-hydrogen) atoms. The van der Waals surface area contributed by atoms with Crippen LogP contribution in [0.3, 0.4) is 0 Å². The molecular formula is C22H23N5O5. The van der Waals surface area contributed by atoms with E-state index in [4.69, 9.17) is 0 Å². The maximum absolute atomic E-state index is 13.2. The lowest BCUT2D eigenvalue weighted by molar-refractivity contribution is 0.0695. The molecule has 1 aliphatic rings. The molecule has 1 aromatic carbocycles. The van der Waals surface area contributed by atoms with Crippen molar-refractivity contribution in [2.45, 2.75) is 38.8 Å². The summed E-state index contributed by atoms with van der Waals surface area (Å²) in [5, 5.41) is 28.3. The Balaban J connectivity index is 1.63. The van der Waals surface area contributed by atoms with E-state index in [1.165, 1.54) is 16.8 Å². The number of rotatable bonds is 6. The monoisotopic (exact) mass is 437 g/mol. The molecule has 1 aliphatic carbocycles. The van der Waals surface area contributed by atoms with Gasteiger partial charge in [-0.2, -0.15) is 5.10 Å². The van der Waals surface area contributed by atoms with Crippen molar-refractivity contribution >= 4 is 23.4 Å². The zero-order valence-electron chi connectivity index (χ0n) is 17.6. The number of aliphatic hydroxyl groups is 1. The molecule has 0 fully saturated rings. The molecule has 2 atom stereocenters. The first-order valence-corrected chi connectivity index (χ1v) is 10.2. The molecule has 0 radical (unpaired) electrons. The smallest absolute Gasteiger partial charge is 0.335 e. The molecular weight excluding hydrogens is 414 g/mol. The number of fused-ring (bicyclic) bond motifs is 2. The van der Waals surface area contributed by atoms with Gasteiger partial charge in [0.25, 0.3) is 11.8 Å². The van der Waals surface area contributed by atoms with Crippen LogP contribution in [-0.2, 0) is 6.42 Å². The molecule has 2 aromatic heterocycles. The second kappa shape index (κ2) is 8.39. The van der Waals surface area contributed by atoms with Gasteiger partial charge in [0.15, 0.2) is 5.65 Å². The summed E-state index contributed by atoms with van der Waals surface area (Å²) in [4.78, 5) is 41.3. The van der Waals surface area contributed by atoms with E-state index in [2.05, 4.69) is 20.7 Å². The maximum atomic E-state index is 13.2. The summed E-state index contributed by atoms with van der Waals surface area (Å²) in [5.41, 5.74) is 3.33. The van der Waals surface area contributed by atoms with Crippen LogP contribution in [0.1, 0.15) is 67.4 Å². The summed E-state index contributed by atoms with van der Waals surface area (Å²) in [6.45, 7) is 3.21. The standard InChI is InChI=1S/C22H23N5O5/c1-11(10-28)24-20(29)17-9-18(27-19(25-17)7-8-23-27)21(30)26-16-6-5-13-12(2)14(22(31)32)3-4-15(13)16/h3-4,7-9,11,16,28H,5-6,10H2,1-2H3,(H,24,29)(H,26,30)(H,31,32)/t11-,16-/m0/s1. The van der Waals surface area contributed by atoms with Gasteiger partial charge in [0.2, 0.25) is 0 Å². The molecule has 0 aliphatic heterocycles. The Bertz CT molecular complexity index is 1230. The van der Waals surface area contributed by atoms with Crippen LogP contribution in [-0.4, -0.2) is 55.2 Å². The van der Waals surface area contributed by atoms with Crippen LogP contribution in [0.4, 0.5) is 0 Å². The quantitative estimate of drug-likeness (QED) is 0.454. The Morgan fingerprint density at radius 3 is 2.75 bits per heavy atom. The highest BCUT2D eigenvalue weighted by Gasteiger charge is 2.28. The number of amides is 2. The Hall–Kier alpha value is -3.79. The number of carbonyl (C=O) groups is 3. The molecule has 4 rings (SSSR count). The van der Waals surface area contributed by atoms with Gasteiger partial charge in [-0.1, -0.05) is 6.07 Å². The van der Waals surface area contributed by atoms with E-state index in [1.54, 1.807) is 32.0 Å². The number of carbonyl (C=O) groups excluding carboxylic acids is 2. The van der Waals surface area contributed by atoms with Gasteiger partial charge in [0, 0.05) is 18.2 Å². The van der Waals surface area contributed by atoms with Gasteiger partial charge in [0.1, 0.15) is 11.4 Å². The van der Waals surface area contributed by atoms with Crippen molar-refractivity contribution < 1.29 is 24.6 Å². The van der Waals surface area contributed by atoms with Crippen molar-refractivity contribution in [1.82, 2.24) is 25.2 Å². The number of hydrogen-bond donors (Lipinski definition) is 4. The van der Waals surface area contributed by atoms with Gasteiger partial charge in [-0.15, -0.1) is 0 Å². The van der Waals surface area contributed by atoms with Crippen molar-refractivity contribution in [2.24, 2.45) is 0 Å². The van der Waals surface area contributed by atoms with Crippen LogP contribution in [0.25, 0.3) is 5.65 Å². The van der Waals surface area contributed by atoms with E-state index < -0.39 is 23.8 Å². The summed E-state index contributed by atoms with van der Waals surface area (Å²) in [6, 6.07) is 5.51. The van der Waals surface area contributed by atoms with Crippen molar-refractivity contribution in [3.05, 3.63) is 64.1 Å². The van der Waals surface area contributed by atoms with Crippen LogP contribution in [0.5, 0.6) is 0 Å². The van der Waals surface area contributed by atoms with Crippen molar-refractivity contribution in [1.29, 1.82) is 0 Å². The molecule has 0 unspecified atom stereocenters. The number of aliphatic hydroxyl groups excluding tert-OH is 1. The van der Waals surface area contributed by atoms with E-state index in [-0.39, 0.29) is 29.6 Å². The highest BCUT2D eigenvalue weighted by molar-refractivity contribution is 5.98. The third kappa shape index (κ3) is 3.80. The summed E-state index contributed by atoms with van der Waals surface area (Å²) < 4.78 is 1.36. The summed E-state index contributed by atoms with van der Waals surface area (Å²) >= 11 is 0. The van der Waals surface area contributed by atoms with E-state index in [0.717, 1.165) is 11.1 Å². The number of aromatic nitrogens is 3. The molecule has 3 aromatic rings. The first-order valence-electron chi connectivity index (χ1n) is 10.2. The van der Waals surface area contributed by atoms with E-state index >= 15 is 0 Å². The van der Waals surface area contributed by atoms with E-state index in [1.807, 2.05) is 0 Å². The molecule has 2 amide bonds. The Morgan fingerprint density at radius 2 is 2.03 bits per heavy atom. The molecule has 10 heteroatoms. The first-order chi connectivity index (χ1) is 15.3. The molecule has 0 spiro atoms. The van der Waals surface area contributed by atoms with E-state index in [0.29, 0.717) is 24.1 Å². The number of hydrogen-bond acceptors (Lipinski definition) is 6. The first kappa shape index (κ1) is 21.4. The number of aromatic carboxylic acids is 1. The lowest BCUT2D eigenvalue weighted by atomic mass is 9.98. The van der Waals surface area contributed by atoms with Crippen LogP contribution in [0.15, 0.2) is 30.5 Å². The summed E-state index contributed by atoms with van der Waals surface area (Å²) in [7, 11) is 0. The lowest BCUT2D eigenvalue weighted by Gasteiger charge is -2.16. The highest BCUT2D eigenvalue weighted by Crippen LogP contribution is 2.34. The fourth-order valence-electron chi connectivity index (χ4n) is 4.03. The third-order valence-electron chi connectivity index (χ3n) is 5.70. The Labute approximate surface area is 183 Å². The Kier molecular flexibility index (Phi) is 5.62. The van der Waals surface area contributed by atoms with E-state index in [9.17, 15) is 24.6 Å². The van der Waals surface area contributed by atoms with Crippen LogP contribution < -0.4 is 10.6 Å². The van der Waals surface area contributed by atoms with Crippen LogP contribution in [0.2, 0.25) is 0 Å².